The van der Waals surface area contributed by atoms with Gasteiger partial charge >= 0.3 is 0 Å². The molecule has 2 aromatic rings. The van der Waals surface area contributed by atoms with Crippen LogP contribution in [0.1, 0.15) is 43.8 Å². The molecule has 1 saturated heterocycles. The highest BCUT2D eigenvalue weighted by molar-refractivity contribution is 6.22. The van der Waals surface area contributed by atoms with Crippen molar-refractivity contribution < 1.29 is 23.5 Å². The van der Waals surface area contributed by atoms with E-state index in [1.807, 2.05) is 6.92 Å². The molecule has 1 aromatic carbocycles. The van der Waals surface area contributed by atoms with Gasteiger partial charge in [0.05, 0.1) is 36.6 Å². The number of furan rings is 1. The fourth-order valence-corrected chi connectivity index (χ4v) is 3.31. The molecular weight excluding hydrogens is 336 g/mol. The summed E-state index contributed by atoms with van der Waals surface area (Å²) in [4.78, 5) is 40.7. The summed E-state index contributed by atoms with van der Waals surface area (Å²) in [7, 11) is 0. The normalized spacial score (nSPS) is 19.8. The van der Waals surface area contributed by atoms with Crippen molar-refractivity contribution >= 4 is 17.7 Å². The Morgan fingerprint density at radius 1 is 1.19 bits per heavy atom. The standard InChI is InChI=1S/C19H18N2O5/c1-12-10-20(6-8-25-12)17(22)13-4-5-15-16(9-13)19(24)21(18(15)23)11-14-3-2-7-26-14/h2-5,7,9,12H,6,8,10-11H2,1H3. The van der Waals surface area contributed by atoms with E-state index in [4.69, 9.17) is 9.15 Å². The molecule has 0 saturated carbocycles. The van der Waals surface area contributed by atoms with E-state index >= 15 is 0 Å². The fourth-order valence-electron chi connectivity index (χ4n) is 3.31. The van der Waals surface area contributed by atoms with Gasteiger partial charge in [-0.2, -0.15) is 0 Å². The van der Waals surface area contributed by atoms with E-state index in [2.05, 4.69) is 0 Å². The van der Waals surface area contributed by atoms with Crippen LogP contribution < -0.4 is 0 Å². The maximum atomic E-state index is 12.7. The highest BCUT2D eigenvalue weighted by Gasteiger charge is 2.37. The van der Waals surface area contributed by atoms with Gasteiger partial charge in [-0.1, -0.05) is 0 Å². The quantitative estimate of drug-likeness (QED) is 0.787. The lowest BCUT2D eigenvalue weighted by Gasteiger charge is -2.31. The first-order chi connectivity index (χ1) is 12.5. The van der Waals surface area contributed by atoms with Crippen molar-refractivity contribution in [2.45, 2.75) is 19.6 Å². The van der Waals surface area contributed by atoms with Gasteiger partial charge in [0.15, 0.2) is 0 Å². The molecule has 1 unspecified atom stereocenters. The van der Waals surface area contributed by atoms with Crippen LogP contribution in [0.5, 0.6) is 0 Å². The smallest absolute Gasteiger partial charge is 0.261 e. The lowest BCUT2D eigenvalue weighted by molar-refractivity contribution is -0.0124. The van der Waals surface area contributed by atoms with E-state index in [-0.39, 0.29) is 30.0 Å². The van der Waals surface area contributed by atoms with E-state index in [0.29, 0.717) is 36.6 Å². The van der Waals surface area contributed by atoms with Crippen LogP contribution in [0.25, 0.3) is 0 Å². The number of fused-ring (bicyclic) bond motifs is 1. The zero-order valence-electron chi connectivity index (χ0n) is 14.3. The number of benzene rings is 1. The molecule has 0 bridgehead atoms. The molecule has 2 aliphatic heterocycles. The fraction of sp³-hybridized carbons (Fsp3) is 0.316. The topological polar surface area (TPSA) is 80.1 Å². The Balaban J connectivity index is 1.58. The minimum Gasteiger partial charge on any atom is -0.467 e. The van der Waals surface area contributed by atoms with Crippen LogP contribution in [0.2, 0.25) is 0 Å². The predicted molar refractivity (Wildman–Crippen MR) is 90.7 cm³/mol. The third-order valence-electron chi connectivity index (χ3n) is 4.64. The largest absolute Gasteiger partial charge is 0.467 e. The van der Waals surface area contributed by atoms with Crippen molar-refractivity contribution in [1.82, 2.24) is 9.80 Å². The van der Waals surface area contributed by atoms with Gasteiger partial charge in [0.1, 0.15) is 5.76 Å². The highest BCUT2D eigenvalue weighted by atomic mass is 16.5. The summed E-state index contributed by atoms with van der Waals surface area (Å²) in [5, 5.41) is 0. The summed E-state index contributed by atoms with van der Waals surface area (Å²) in [6.45, 7) is 3.50. The van der Waals surface area contributed by atoms with Crippen LogP contribution in [0, 0.1) is 0 Å². The zero-order valence-corrected chi connectivity index (χ0v) is 14.3. The average molecular weight is 354 g/mol. The summed E-state index contributed by atoms with van der Waals surface area (Å²) in [5.74, 6) is -0.419. The van der Waals surface area contributed by atoms with Gasteiger partial charge in [0.2, 0.25) is 0 Å². The van der Waals surface area contributed by atoms with Gasteiger partial charge in [-0.25, -0.2) is 0 Å². The molecule has 0 spiro atoms. The van der Waals surface area contributed by atoms with E-state index < -0.39 is 5.91 Å². The molecule has 3 amide bonds. The maximum Gasteiger partial charge on any atom is 0.261 e. The summed E-state index contributed by atoms with van der Waals surface area (Å²) < 4.78 is 10.7. The predicted octanol–water partition coefficient (Wildman–Crippen LogP) is 1.94. The molecule has 0 aliphatic carbocycles. The van der Waals surface area contributed by atoms with Crippen molar-refractivity contribution in [2.24, 2.45) is 0 Å². The van der Waals surface area contributed by atoms with Gasteiger partial charge in [-0.15, -0.1) is 0 Å². The Kier molecular flexibility index (Phi) is 4.08. The van der Waals surface area contributed by atoms with Crippen LogP contribution in [0.15, 0.2) is 41.0 Å². The number of carbonyl (C=O) groups is 3. The van der Waals surface area contributed by atoms with Crippen molar-refractivity contribution in [3.63, 3.8) is 0 Å². The van der Waals surface area contributed by atoms with Gasteiger partial charge < -0.3 is 14.1 Å². The average Bonchev–Trinajstić information content (AvgIpc) is 3.24. The van der Waals surface area contributed by atoms with Gasteiger partial charge in [-0.3, -0.25) is 19.3 Å². The molecule has 2 aliphatic rings. The first kappa shape index (κ1) is 16.5. The summed E-state index contributed by atoms with van der Waals surface area (Å²) >= 11 is 0. The van der Waals surface area contributed by atoms with Crippen molar-refractivity contribution in [2.75, 3.05) is 19.7 Å². The van der Waals surface area contributed by atoms with Crippen LogP contribution >= 0.6 is 0 Å². The van der Waals surface area contributed by atoms with Gasteiger partial charge in [0.25, 0.3) is 17.7 Å². The number of hydrogen-bond acceptors (Lipinski definition) is 5. The molecule has 4 rings (SSSR count). The number of amides is 3. The molecule has 26 heavy (non-hydrogen) atoms. The second kappa shape index (κ2) is 6.42. The molecule has 134 valence electrons. The lowest BCUT2D eigenvalue weighted by atomic mass is 10.0. The van der Waals surface area contributed by atoms with Gasteiger partial charge in [-0.05, 0) is 37.3 Å². The van der Waals surface area contributed by atoms with Crippen LogP contribution in [-0.4, -0.2) is 53.3 Å². The molecule has 1 fully saturated rings. The van der Waals surface area contributed by atoms with Crippen molar-refractivity contribution in [1.29, 1.82) is 0 Å². The minimum atomic E-state index is -0.411. The highest BCUT2D eigenvalue weighted by Crippen LogP contribution is 2.26. The van der Waals surface area contributed by atoms with Crippen molar-refractivity contribution in [3.8, 4) is 0 Å². The molecule has 7 heteroatoms. The number of imide groups is 1. The first-order valence-corrected chi connectivity index (χ1v) is 8.48. The number of nitrogens with zero attached hydrogens (tertiary/aromatic N) is 2. The Labute approximate surface area is 150 Å². The summed E-state index contributed by atoms with van der Waals surface area (Å²) in [6, 6.07) is 8.07. The SMILES string of the molecule is CC1CN(C(=O)c2ccc3c(c2)C(=O)N(Cc2ccco2)C3=O)CCO1. The minimum absolute atomic E-state index is 0.0193. The molecule has 3 heterocycles. The summed E-state index contributed by atoms with van der Waals surface area (Å²) in [5.41, 5.74) is 0.973. The Morgan fingerprint density at radius 3 is 2.73 bits per heavy atom. The number of carbonyl (C=O) groups excluding carboxylic acids is 3. The zero-order chi connectivity index (χ0) is 18.3. The monoisotopic (exact) mass is 354 g/mol. The van der Waals surface area contributed by atoms with Crippen LogP contribution in [-0.2, 0) is 11.3 Å². The van der Waals surface area contributed by atoms with Crippen molar-refractivity contribution in [3.05, 3.63) is 59.0 Å². The Hall–Kier alpha value is -2.93. The van der Waals surface area contributed by atoms with E-state index in [1.165, 1.54) is 12.3 Å². The van der Waals surface area contributed by atoms with E-state index in [1.54, 1.807) is 29.2 Å². The maximum absolute atomic E-state index is 12.7. The Morgan fingerprint density at radius 2 is 2.00 bits per heavy atom. The third-order valence-corrected chi connectivity index (χ3v) is 4.64. The van der Waals surface area contributed by atoms with E-state index in [9.17, 15) is 14.4 Å². The van der Waals surface area contributed by atoms with Gasteiger partial charge in [0, 0.05) is 18.7 Å². The van der Waals surface area contributed by atoms with Crippen LogP contribution in [0.4, 0.5) is 0 Å². The first-order valence-electron chi connectivity index (χ1n) is 8.48. The van der Waals surface area contributed by atoms with Crippen LogP contribution in [0.3, 0.4) is 0 Å². The lowest BCUT2D eigenvalue weighted by Crippen LogP contribution is -2.44. The molecule has 1 aromatic heterocycles. The summed E-state index contributed by atoms with van der Waals surface area (Å²) in [6.07, 6.45) is 1.47. The second-order valence-corrected chi connectivity index (χ2v) is 6.47. The van der Waals surface area contributed by atoms with E-state index in [0.717, 1.165) is 4.90 Å². The number of morpholine rings is 1. The number of ether oxygens (including phenoxy) is 1. The number of rotatable bonds is 3. The molecule has 1 atom stereocenters. The number of hydrogen-bond donors (Lipinski definition) is 0. The molecule has 0 radical (unpaired) electrons. The Bertz CT molecular complexity index is 874. The molecular formula is C19H18N2O5. The molecule has 0 N–H and O–H groups in total. The second-order valence-electron chi connectivity index (χ2n) is 6.47. The molecule has 7 nitrogen and oxygen atoms in total. The third kappa shape index (κ3) is 2.80.